The molecule has 1 aliphatic carbocycles. The zero-order valence-corrected chi connectivity index (χ0v) is 14.5. The molecule has 0 amide bonds. The average Bonchev–Trinajstić information content (AvgIpc) is 3.08. The summed E-state index contributed by atoms with van der Waals surface area (Å²) in [6, 6.07) is 5.28. The molecule has 8 nitrogen and oxygen atoms in total. The van der Waals surface area contributed by atoms with Gasteiger partial charge in [0.15, 0.2) is 11.5 Å². The fraction of sp³-hybridized carbons (Fsp3) is 0.357. The maximum absolute atomic E-state index is 11.9. The lowest BCUT2D eigenvalue weighted by Crippen LogP contribution is -2.44. The highest BCUT2D eigenvalue weighted by Gasteiger charge is 2.39. The van der Waals surface area contributed by atoms with Gasteiger partial charge in [-0.2, -0.15) is 4.98 Å². The minimum atomic E-state index is -3.49. The predicted molar refractivity (Wildman–Crippen MR) is 88.6 cm³/mol. The van der Waals surface area contributed by atoms with Crippen molar-refractivity contribution in [3.05, 3.63) is 30.2 Å². The summed E-state index contributed by atoms with van der Waals surface area (Å²) in [7, 11) is -3.49. The molecule has 3 aromatic heterocycles. The van der Waals surface area contributed by atoms with E-state index in [0.29, 0.717) is 17.0 Å². The molecule has 0 atom stereocenters. The van der Waals surface area contributed by atoms with Gasteiger partial charge < -0.3 is 10.3 Å². The number of hydrogen-bond acceptors (Lipinski definition) is 7. The van der Waals surface area contributed by atoms with Crippen LogP contribution >= 0.6 is 12.4 Å². The van der Waals surface area contributed by atoms with Gasteiger partial charge in [0.1, 0.15) is 0 Å². The first-order chi connectivity index (χ1) is 10.9. The number of aromatic nitrogens is 4. The third-order valence-electron chi connectivity index (χ3n) is 4.17. The summed E-state index contributed by atoms with van der Waals surface area (Å²) in [5.74, 6) is 0.618. The second-order valence-corrected chi connectivity index (χ2v) is 7.81. The van der Waals surface area contributed by atoms with Crippen molar-refractivity contribution in [1.82, 2.24) is 19.5 Å². The highest BCUT2D eigenvalue weighted by molar-refractivity contribution is 7.90. The van der Waals surface area contributed by atoms with Crippen molar-refractivity contribution >= 4 is 27.8 Å². The Labute approximate surface area is 144 Å². The van der Waals surface area contributed by atoms with Crippen LogP contribution in [0.3, 0.4) is 0 Å². The van der Waals surface area contributed by atoms with Gasteiger partial charge in [-0.05, 0) is 31.4 Å². The number of nitrogens with zero attached hydrogens (tertiary/aromatic N) is 4. The van der Waals surface area contributed by atoms with Gasteiger partial charge in [-0.15, -0.1) is 12.4 Å². The highest BCUT2D eigenvalue weighted by atomic mass is 35.5. The van der Waals surface area contributed by atoms with Gasteiger partial charge in [0.2, 0.25) is 15.0 Å². The predicted octanol–water partition coefficient (Wildman–Crippen LogP) is 1.55. The monoisotopic (exact) mass is 369 g/mol. The number of imidazole rings is 1. The van der Waals surface area contributed by atoms with Gasteiger partial charge in [-0.3, -0.25) is 4.40 Å². The van der Waals surface area contributed by atoms with E-state index in [1.807, 2.05) is 0 Å². The molecular weight excluding hydrogens is 354 g/mol. The molecular formula is C14H16ClN5O3S. The Hall–Kier alpha value is -1.97. The molecule has 128 valence electrons. The molecule has 1 saturated carbocycles. The normalized spacial score (nSPS) is 16.6. The van der Waals surface area contributed by atoms with Gasteiger partial charge in [0.05, 0.1) is 11.1 Å². The van der Waals surface area contributed by atoms with E-state index < -0.39 is 15.4 Å². The summed E-state index contributed by atoms with van der Waals surface area (Å²) in [4.78, 5) is 8.55. The summed E-state index contributed by atoms with van der Waals surface area (Å²) in [6.07, 6.45) is 5.40. The van der Waals surface area contributed by atoms with Crippen LogP contribution in [0.25, 0.3) is 17.1 Å². The van der Waals surface area contributed by atoms with E-state index >= 15 is 0 Å². The van der Waals surface area contributed by atoms with Crippen LogP contribution in [0.2, 0.25) is 0 Å². The standard InChI is InChI=1S/C14H15N5O3S.ClH/c1-23(20,21)13-16-10(9-5-2-3-8-19(9)13)11-17-12(18-22-11)14(15)6-4-7-14;/h2-3,5,8H,4,6-7,15H2,1H3;1H. The van der Waals surface area contributed by atoms with Crippen molar-refractivity contribution in [2.75, 3.05) is 6.26 Å². The Bertz CT molecular complexity index is 1010. The van der Waals surface area contributed by atoms with Crippen LogP contribution in [0.5, 0.6) is 0 Å². The molecule has 2 N–H and O–H groups in total. The minimum absolute atomic E-state index is 0. The van der Waals surface area contributed by atoms with Gasteiger partial charge >= 0.3 is 0 Å². The number of sulfone groups is 1. The smallest absolute Gasteiger partial charge is 0.278 e. The molecule has 1 fully saturated rings. The van der Waals surface area contributed by atoms with Crippen LogP contribution in [0.4, 0.5) is 0 Å². The van der Waals surface area contributed by atoms with Crippen LogP contribution in [-0.4, -0.2) is 34.2 Å². The molecule has 1 aliphatic rings. The average molecular weight is 370 g/mol. The quantitative estimate of drug-likeness (QED) is 0.744. The first-order valence-corrected chi connectivity index (χ1v) is 9.08. The van der Waals surface area contributed by atoms with Crippen LogP contribution in [0.15, 0.2) is 34.1 Å². The van der Waals surface area contributed by atoms with E-state index in [0.717, 1.165) is 25.5 Å². The number of halogens is 1. The summed E-state index contributed by atoms with van der Waals surface area (Å²) in [5.41, 5.74) is 6.58. The van der Waals surface area contributed by atoms with Crippen molar-refractivity contribution in [2.45, 2.75) is 30.0 Å². The number of hydrogen-bond donors (Lipinski definition) is 1. The first kappa shape index (κ1) is 16.9. The molecule has 0 saturated heterocycles. The lowest BCUT2D eigenvalue weighted by atomic mass is 9.77. The second-order valence-electron chi connectivity index (χ2n) is 5.90. The summed E-state index contributed by atoms with van der Waals surface area (Å²) in [6.45, 7) is 0. The van der Waals surface area contributed by atoms with Gasteiger partial charge in [0, 0.05) is 12.5 Å². The molecule has 0 aromatic carbocycles. The Balaban J connectivity index is 0.00000169. The minimum Gasteiger partial charge on any atom is -0.332 e. The summed E-state index contributed by atoms with van der Waals surface area (Å²) < 4.78 is 30.7. The molecule has 0 unspecified atom stereocenters. The maximum Gasteiger partial charge on any atom is 0.278 e. The van der Waals surface area contributed by atoms with Crippen molar-refractivity contribution in [2.24, 2.45) is 5.73 Å². The Morgan fingerprint density at radius 1 is 1.29 bits per heavy atom. The van der Waals surface area contributed by atoms with Gasteiger partial charge in [-0.25, -0.2) is 13.4 Å². The highest BCUT2D eigenvalue weighted by Crippen LogP contribution is 2.38. The SMILES string of the molecule is CS(=O)(=O)c1nc(-c2nc(C3(N)CCC3)no2)c2ccccn12.Cl. The largest absolute Gasteiger partial charge is 0.332 e. The van der Waals surface area contributed by atoms with Crippen LogP contribution in [0, 0.1) is 0 Å². The van der Waals surface area contributed by atoms with Crippen molar-refractivity contribution < 1.29 is 12.9 Å². The lowest BCUT2D eigenvalue weighted by Gasteiger charge is -2.34. The first-order valence-electron chi connectivity index (χ1n) is 7.19. The zero-order valence-electron chi connectivity index (χ0n) is 12.8. The number of fused-ring (bicyclic) bond motifs is 1. The van der Waals surface area contributed by atoms with Crippen molar-refractivity contribution in [3.63, 3.8) is 0 Å². The maximum atomic E-state index is 11.9. The lowest BCUT2D eigenvalue weighted by molar-refractivity contribution is 0.229. The molecule has 0 radical (unpaired) electrons. The van der Waals surface area contributed by atoms with Crippen LogP contribution in [0.1, 0.15) is 25.1 Å². The molecule has 10 heteroatoms. The molecule has 0 spiro atoms. The fourth-order valence-corrected chi connectivity index (χ4v) is 3.51. The topological polar surface area (TPSA) is 116 Å². The van der Waals surface area contributed by atoms with Crippen molar-refractivity contribution in [1.29, 1.82) is 0 Å². The summed E-state index contributed by atoms with van der Waals surface area (Å²) >= 11 is 0. The third-order valence-corrected chi connectivity index (χ3v) is 5.12. The zero-order chi connectivity index (χ0) is 16.2. The Kier molecular flexibility index (Phi) is 3.89. The van der Waals surface area contributed by atoms with Gasteiger partial charge in [-0.1, -0.05) is 11.2 Å². The van der Waals surface area contributed by atoms with E-state index in [1.165, 1.54) is 4.40 Å². The molecule has 0 bridgehead atoms. The molecule has 24 heavy (non-hydrogen) atoms. The fourth-order valence-electron chi connectivity index (χ4n) is 2.73. The Morgan fingerprint density at radius 2 is 2.04 bits per heavy atom. The Morgan fingerprint density at radius 3 is 2.67 bits per heavy atom. The number of rotatable bonds is 3. The van der Waals surface area contributed by atoms with E-state index in [2.05, 4.69) is 15.1 Å². The third kappa shape index (κ3) is 2.48. The van der Waals surface area contributed by atoms with E-state index in [1.54, 1.807) is 24.4 Å². The van der Waals surface area contributed by atoms with Crippen LogP contribution in [-0.2, 0) is 15.4 Å². The molecule has 3 heterocycles. The van der Waals surface area contributed by atoms with Gasteiger partial charge in [0.25, 0.3) is 5.89 Å². The van der Waals surface area contributed by atoms with Crippen LogP contribution < -0.4 is 5.73 Å². The second kappa shape index (κ2) is 5.54. The molecule has 0 aliphatic heterocycles. The number of nitrogens with two attached hydrogens (primary N) is 1. The van der Waals surface area contributed by atoms with E-state index in [-0.39, 0.29) is 23.5 Å². The van der Waals surface area contributed by atoms with E-state index in [4.69, 9.17) is 10.3 Å². The molecule has 4 rings (SSSR count). The van der Waals surface area contributed by atoms with Crippen molar-refractivity contribution in [3.8, 4) is 11.6 Å². The summed E-state index contributed by atoms with van der Waals surface area (Å²) in [5, 5.41) is 3.89. The number of pyridine rings is 1. The van der Waals surface area contributed by atoms with E-state index in [9.17, 15) is 8.42 Å². The molecule has 3 aromatic rings.